The Hall–Kier alpha value is -1.03. The van der Waals surface area contributed by atoms with Crippen molar-refractivity contribution in [3.63, 3.8) is 0 Å². The van der Waals surface area contributed by atoms with Crippen LogP contribution in [0.5, 0.6) is 11.5 Å². The first-order valence-corrected chi connectivity index (χ1v) is 6.25. The van der Waals surface area contributed by atoms with Gasteiger partial charge in [-0.15, -0.1) is 0 Å². The molecule has 4 heteroatoms. The van der Waals surface area contributed by atoms with Crippen LogP contribution < -0.4 is 9.47 Å². The van der Waals surface area contributed by atoms with E-state index in [1.165, 1.54) is 0 Å². The summed E-state index contributed by atoms with van der Waals surface area (Å²) in [5.41, 5.74) is 0.584. The third-order valence-electron chi connectivity index (χ3n) is 2.11. The van der Waals surface area contributed by atoms with Crippen molar-refractivity contribution >= 4 is 21.7 Å². The van der Waals surface area contributed by atoms with E-state index in [0.717, 1.165) is 0 Å². The Morgan fingerprint density at radius 3 is 2.75 bits per heavy atom. The van der Waals surface area contributed by atoms with Crippen molar-refractivity contribution in [2.45, 2.75) is 13.3 Å². The molecule has 1 aromatic carbocycles. The van der Waals surface area contributed by atoms with Crippen LogP contribution in [0.2, 0.25) is 0 Å². The van der Waals surface area contributed by atoms with E-state index >= 15 is 0 Å². The Balaban J connectivity index is 3.04. The minimum absolute atomic E-state index is 0.0548. The zero-order valence-electron chi connectivity index (χ0n) is 9.46. The fourth-order valence-corrected chi connectivity index (χ4v) is 1.72. The number of ether oxygens (including phenoxy) is 2. The van der Waals surface area contributed by atoms with Gasteiger partial charge < -0.3 is 9.47 Å². The molecule has 88 valence electrons. The highest BCUT2D eigenvalue weighted by Crippen LogP contribution is 2.25. The van der Waals surface area contributed by atoms with Crippen LogP contribution in [0.25, 0.3) is 0 Å². The van der Waals surface area contributed by atoms with Crippen molar-refractivity contribution in [3.8, 4) is 11.5 Å². The molecule has 0 N–H and O–H groups in total. The molecule has 0 bridgehead atoms. The molecule has 0 aliphatic heterocycles. The number of hydrogen-bond acceptors (Lipinski definition) is 3. The molecule has 0 fully saturated rings. The van der Waals surface area contributed by atoms with Gasteiger partial charge in [-0.1, -0.05) is 15.9 Å². The van der Waals surface area contributed by atoms with Crippen LogP contribution in [0.15, 0.2) is 18.2 Å². The van der Waals surface area contributed by atoms with Crippen LogP contribution in [0.3, 0.4) is 0 Å². The smallest absolute Gasteiger partial charge is 0.167 e. The normalized spacial score (nSPS) is 9.94. The fraction of sp³-hybridized carbons (Fsp3) is 0.417. The van der Waals surface area contributed by atoms with Crippen LogP contribution in [0, 0.1) is 0 Å². The van der Waals surface area contributed by atoms with Gasteiger partial charge in [0, 0.05) is 11.8 Å². The molecule has 0 aromatic heterocycles. The second kappa shape index (κ2) is 6.53. The van der Waals surface area contributed by atoms with E-state index in [1.807, 2.05) is 6.92 Å². The maximum atomic E-state index is 11.8. The van der Waals surface area contributed by atoms with Crippen molar-refractivity contribution < 1.29 is 14.3 Å². The van der Waals surface area contributed by atoms with Crippen LogP contribution in [-0.4, -0.2) is 24.8 Å². The van der Waals surface area contributed by atoms with Gasteiger partial charge in [0.15, 0.2) is 5.78 Å². The summed E-state index contributed by atoms with van der Waals surface area (Å²) < 4.78 is 10.5. The molecule has 0 amide bonds. The van der Waals surface area contributed by atoms with Crippen molar-refractivity contribution in [2.75, 3.05) is 19.0 Å². The molecule has 1 rings (SSSR count). The molecule has 0 radical (unpaired) electrons. The Morgan fingerprint density at radius 1 is 1.44 bits per heavy atom. The van der Waals surface area contributed by atoms with Crippen molar-refractivity contribution in [1.29, 1.82) is 0 Å². The zero-order valence-corrected chi connectivity index (χ0v) is 11.0. The third kappa shape index (κ3) is 3.23. The predicted molar refractivity (Wildman–Crippen MR) is 66.9 cm³/mol. The van der Waals surface area contributed by atoms with E-state index in [9.17, 15) is 4.79 Å². The van der Waals surface area contributed by atoms with E-state index in [0.29, 0.717) is 35.4 Å². The largest absolute Gasteiger partial charge is 0.497 e. The van der Waals surface area contributed by atoms with Crippen molar-refractivity contribution in [2.24, 2.45) is 0 Å². The average molecular weight is 287 g/mol. The minimum Gasteiger partial charge on any atom is -0.497 e. The lowest BCUT2D eigenvalue weighted by Gasteiger charge is -2.10. The van der Waals surface area contributed by atoms with Gasteiger partial charge in [-0.25, -0.2) is 0 Å². The summed E-state index contributed by atoms with van der Waals surface area (Å²) in [6.07, 6.45) is 0.452. The average Bonchev–Trinajstić information content (AvgIpc) is 2.30. The molecular formula is C12H15BrO3. The highest BCUT2D eigenvalue weighted by molar-refractivity contribution is 9.09. The number of hydrogen-bond donors (Lipinski definition) is 0. The molecule has 16 heavy (non-hydrogen) atoms. The van der Waals surface area contributed by atoms with Crippen LogP contribution in [0.4, 0.5) is 0 Å². The maximum Gasteiger partial charge on any atom is 0.167 e. The summed E-state index contributed by atoms with van der Waals surface area (Å²) in [6.45, 7) is 2.43. The minimum atomic E-state index is 0.0548. The monoisotopic (exact) mass is 286 g/mol. The number of methoxy groups -OCH3 is 1. The number of benzene rings is 1. The summed E-state index contributed by atoms with van der Waals surface area (Å²) in [5, 5.41) is 0.647. The third-order valence-corrected chi connectivity index (χ3v) is 2.51. The second-order valence-electron chi connectivity index (χ2n) is 3.16. The fourth-order valence-electron chi connectivity index (χ4n) is 1.36. The Bertz CT molecular complexity index is 363. The van der Waals surface area contributed by atoms with Gasteiger partial charge in [-0.05, 0) is 25.1 Å². The molecule has 0 spiro atoms. The molecule has 0 saturated carbocycles. The number of Topliss-reactive ketones (excluding diaryl/α,β-unsaturated/α-hetero) is 1. The predicted octanol–water partition coefficient (Wildman–Crippen LogP) is 3.06. The highest BCUT2D eigenvalue weighted by Gasteiger charge is 2.13. The van der Waals surface area contributed by atoms with Gasteiger partial charge in [-0.3, -0.25) is 4.79 Å². The Kier molecular flexibility index (Phi) is 5.32. The summed E-state index contributed by atoms with van der Waals surface area (Å²) in [4.78, 5) is 11.8. The van der Waals surface area contributed by atoms with E-state index in [4.69, 9.17) is 9.47 Å². The Labute approximate surface area is 104 Å². The topological polar surface area (TPSA) is 35.5 Å². The number of halogens is 1. The van der Waals surface area contributed by atoms with Crippen molar-refractivity contribution in [3.05, 3.63) is 23.8 Å². The van der Waals surface area contributed by atoms with Gasteiger partial charge in [0.25, 0.3) is 0 Å². The van der Waals surface area contributed by atoms with E-state index < -0.39 is 0 Å². The van der Waals surface area contributed by atoms with E-state index in [-0.39, 0.29) is 5.78 Å². The molecule has 0 saturated heterocycles. The molecular weight excluding hydrogens is 272 g/mol. The summed E-state index contributed by atoms with van der Waals surface area (Å²) >= 11 is 3.25. The molecule has 0 heterocycles. The molecule has 1 aromatic rings. The summed E-state index contributed by atoms with van der Waals surface area (Å²) in [5.74, 6) is 1.34. The molecule has 0 atom stereocenters. The van der Waals surface area contributed by atoms with E-state index in [2.05, 4.69) is 15.9 Å². The summed E-state index contributed by atoms with van der Waals surface area (Å²) in [6, 6.07) is 5.27. The first kappa shape index (κ1) is 13.0. The van der Waals surface area contributed by atoms with Gasteiger partial charge in [0.1, 0.15) is 11.5 Å². The van der Waals surface area contributed by atoms with Crippen molar-refractivity contribution in [1.82, 2.24) is 0 Å². The molecule has 0 unspecified atom stereocenters. The van der Waals surface area contributed by atoms with Crippen LogP contribution in [-0.2, 0) is 0 Å². The number of rotatable bonds is 6. The molecule has 0 aliphatic rings. The summed E-state index contributed by atoms with van der Waals surface area (Å²) in [7, 11) is 1.58. The lowest BCUT2D eigenvalue weighted by atomic mass is 10.1. The second-order valence-corrected chi connectivity index (χ2v) is 3.95. The van der Waals surface area contributed by atoms with Crippen LogP contribution in [0.1, 0.15) is 23.7 Å². The SMILES string of the molecule is CCOc1ccc(OC)cc1C(=O)CCBr. The maximum absolute atomic E-state index is 11.8. The van der Waals surface area contributed by atoms with Gasteiger partial charge >= 0.3 is 0 Å². The molecule has 0 aliphatic carbocycles. The van der Waals surface area contributed by atoms with Gasteiger partial charge in [0.05, 0.1) is 19.3 Å². The van der Waals surface area contributed by atoms with E-state index in [1.54, 1.807) is 25.3 Å². The Morgan fingerprint density at radius 2 is 2.19 bits per heavy atom. The number of alkyl halides is 1. The quantitative estimate of drug-likeness (QED) is 0.596. The zero-order chi connectivity index (χ0) is 12.0. The van der Waals surface area contributed by atoms with Crippen LogP contribution >= 0.6 is 15.9 Å². The first-order chi connectivity index (χ1) is 7.72. The number of carbonyl (C=O) groups is 1. The first-order valence-electron chi connectivity index (χ1n) is 5.13. The lowest BCUT2D eigenvalue weighted by molar-refractivity contribution is 0.0986. The molecule has 3 nitrogen and oxygen atoms in total. The van der Waals surface area contributed by atoms with Gasteiger partial charge in [-0.2, -0.15) is 0 Å². The number of carbonyl (C=O) groups excluding carboxylic acids is 1. The standard InChI is InChI=1S/C12H15BrO3/c1-3-16-12-5-4-9(15-2)8-10(12)11(14)6-7-13/h4-5,8H,3,6-7H2,1-2H3. The highest BCUT2D eigenvalue weighted by atomic mass is 79.9. The number of ketones is 1. The lowest BCUT2D eigenvalue weighted by Crippen LogP contribution is -2.05. The van der Waals surface area contributed by atoms with Gasteiger partial charge in [0.2, 0.25) is 0 Å².